The molecule has 130 valence electrons. The number of para-hydroxylation sites is 2. The monoisotopic (exact) mass is 331 g/mol. The molecule has 0 fully saturated rings. The number of fused-ring (bicyclic) bond motifs is 1. The third-order valence-corrected chi connectivity index (χ3v) is 4.12. The van der Waals surface area contributed by atoms with E-state index in [2.05, 4.69) is 20.6 Å². The van der Waals surface area contributed by atoms with E-state index in [-0.39, 0.29) is 11.8 Å². The molecule has 5 N–H and O–H groups in total. The molecular weight excluding hydrogens is 306 g/mol. The summed E-state index contributed by atoms with van der Waals surface area (Å²) in [5.74, 6) is 0.722. The standard InChI is InChI=1S/C17H25N5O2/c1-3-11(2)15(22-17(18)24)16(23)19-10-6-9-14-20-12-7-4-5-8-13(12)21-14/h4-5,7-8,11,15H,3,6,9-10H2,1-2H3,(H,19,23)(H,20,21)(H3,18,22,24)/t11-,15-/m1/s1. The molecule has 0 spiro atoms. The minimum atomic E-state index is -0.683. The van der Waals surface area contributed by atoms with Gasteiger partial charge in [0, 0.05) is 13.0 Å². The maximum Gasteiger partial charge on any atom is 0.312 e. The van der Waals surface area contributed by atoms with Crippen molar-refractivity contribution in [3.63, 3.8) is 0 Å². The van der Waals surface area contributed by atoms with Crippen LogP contribution in [0.3, 0.4) is 0 Å². The second-order valence-electron chi connectivity index (χ2n) is 5.97. The highest BCUT2D eigenvalue weighted by Gasteiger charge is 2.24. The Morgan fingerprint density at radius 2 is 2.08 bits per heavy atom. The lowest BCUT2D eigenvalue weighted by Crippen LogP contribution is -2.51. The van der Waals surface area contributed by atoms with Crippen molar-refractivity contribution in [1.82, 2.24) is 20.6 Å². The average Bonchev–Trinajstić information content (AvgIpc) is 2.98. The largest absolute Gasteiger partial charge is 0.354 e. The molecule has 2 rings (SSSR count). The second kappa shape index (κ2) is 8.33. The number of primary amides is 1. The molecule has 3 amide bonds. The highest BCUT2D eigenvalue weighted by Crippen LogP contribution is 2.11. The zero-order chi connectivity index (χ0) is 17.5. The Labute approximate surface area is 141 Å². The van der Waals surface area contributed by atoms with Crippen molar-refractivity contribution in [2.24, 2.45) is 11.7 Å². The summed E-state index contributed by atoms with van der Waals surface area (Å²) in [4.78, 5) is 31.0. The van der Waals surface area contributed by atoms with Crippen molar-refractivity contribution in [2.45, 2.75) is 39.2 Å². The average molecular weight is 331 g/mol. The Kier molecular flexibility index (Phi) is 6.17. The van der Waals surface area contributed by atoms with Gasteiger partial charge in [-0.25, -0.2) is 9.78 Å². The molecule has 0 saturated carbocycles. The first-order valence-electron chi connectivity index (χ1n) is 8.28. The quantitative estimate of drug-likeness (QED) is 0.552. The van der Waals surface area contributed by atoms with Crippen LogP contribution in [0, 0.1) is 5.92 Å². The predicted molar refractivity (Wildman–Crippen MR) is 93.4 cm³/mol. The Balaban J connectivity index is 1.81. The van der Waals surface area contributed by atoms with E-state index in [0.29, 0.717) is 6.54 Å². The minimum absolute atomic E-state index is 0.0212. The van der Waals surface area contributed by atoms with Gasteiger partial charge in [0.2, 0.25) is 5.91 Å². The number of nitrogens with one attached hydrogen (secondary N) is 3. The summed E-state index contributed by atoms with van der Waals surface area (Å²) in [6.07, 6.45) is 2.28. The van der Waals surface area contributed by atoms with Crippen molar-refractivity contribution < 1.29 is 9.59 Å². The molecule has 0 saturated heterocycles. The van der Waals surface area contributed by atoms with Gasteiger partial charge in [-0.05, 0) is 24.5 Å². The van der Waals surface area contributed by atoms with Crippen molar-refractivity contribution in [3.05, 3.63) is 30.1 Å². The lowest BCUT2D eigenvalue weighted by molar-refractivity contribution is -0.124. The van der Waals surface area contributed by atoms with Gasteiger partial charge in [-0.1, -0.05) is 32.4 Å². The van der Waals surface area contributed by atoms with Crippen LogP contribution < -0.4 is 16.4 Å². The first-order chi connectivity index (χ1) is 11.5. The molecule has 1 aromatic carbocycles. The number of H-pyrrole nitrogens is 1. The first kappa shape index (κ1) is 17.8. The van der Waals surface area contributed by atoms with E-state index < -0.39 is 12.1 Å². The topological polar surface area (TPSA) is 113 Å². The van der Waals surface area contributed by atoms with Crippen LogP contribution in [0.15, 0.2) is 24.3 Å². The Hall–Kier alpha value is -2.57. The van der Waals surface area contributed by atoms with Crippen molar-refractivity contribution in [1.29, 1.82) is 0 Å². The summed E-state index contributed by atoms with van der Waals surface area (Å²) in [5, 5.41) is 5.37. The van der Waals surface area contributed by atoms with Crippen LogP contribution in [0.5, 0.6) is 0 Å². The summed E-state index contributed by atoms with van der Waals surface area (Å²) in [7, 11) is 0. The van der Waals surface area contributed by atoms with Gasteiger partial charge in [0.05, 0.1) is 11.0 Å². The number of carbonyl (C=O) groups excluding carboxylic acids is 2. The molecule has 0 aliphatic rings. The smallest absolute Gasteiger partial charge is 0.312 e. The molecule has 0 aliphatic carbocycles. The minimum Gasteiger partial charge on any atom is -0.354 e. The number of nitrogens with two attached hydrogens (primary N) is 1. The molecule has 1 heterocycles. The van der Waals surface area contributed by atoms with Gasteiger partial charge in [-0.3, -0.25) is 4.79 Å². The Morgan fingerprint density at radius 3 is 2.75 bits per heavy atom. The molecule has 24 heavy (non-hydrogen) atoms. The number of imidazole rings is 1. The normalized spacial score (nSPS) is 13.4. The molecule has 2 atom stereocenters. The van der Waals surface area contributed by atoms with Crippen molar-refractivity contribution in [3.8, 4) is 0 Å². The molecule has 1 aromatic heterocycles. The summed E-state index contributed by atoms with van der Waals surface area (Å²) >= 11 is 0. The predicted octanol–water partition coefficient (Wildman–Crippen LogP) is 1.69. The van der Waals surface area contributed by atoms with Crippen LogP contribution in [0.25, 0.3) is 11.0 Å². The highest BCUT2D eigenvalue weighted by atomic mass is 16.2. The third-order valence-electron chi connectivity index (χ3n) is 4.12. The lowest BCUT2D eigenvalue weighted by atomic mass is 9.98. The van der Waals surface area contributed by atoms with Gasteiger partial charge in [0.15, 0.2) is 0 Å². The highest BCUT2D eigenvalue weighted by molar-refractivity contribution is 5.86. The van der Waals surface area contributed by atoms with Gasteiger partial charge in [-0.15, -0.1) is 0 Å². The lowest BCUT2D eigenvalue weighted by Gasteiger charge is -2.22. The molecule has 0 bridgehead atoms. The molecule has 0 unspecified atom stereocenters. The SMILES string of the molecule is CC[C@@H](C)[C@@H](NC(N)=O)C(=O)NCCCc1nc2ccccc2[nH]1. The number of nitrogens with zero attached hydrogens (tertiary/aromatic N) is 1. The maximum absolute atomic E-state index is 12.2. The van der Waals surface area contributed by atoms with E-state index in [1.165, 1.54) is 0 Å². The second-order valence-corrected chi connectivity index (χ2v) is 5.97. The number of aryl methyl sites for hydroxylation is 1. The fourth-order valence-electron chi connectivity index (χ4n) is 2.56. The van der Waals surface area contributed by atoms with Gasteiger partial charge in [0.25, 0.3) is 0 Å². The number of amides is 3. The van der Waals surface area contributed by atoms with Crippen molar-refractivity contribution in [2.75, 3.05) is 6.54 Å². The van der Waals surface area contributed by atoms with E-state index in [1.807, 2.05) is 38.1 Å². The van der Waals surface area contributed by atoms with Crippen LogP contribution in [0.2, 0.25) is 0 Å². The van der Waals surface area contributed by atoms with Crippen LogP contribution in [-0.2, 0) is 11.2 Å². The van der Waals surface area contributed by atoms with Gasteiger partial charge in [-0.2, -0.15) is 0 Å². The first-order valence-corrected chi connectivity index (χ1v) is 8.28. The Bertz CT molecular complexity index is 664. The van der Waals surface area contributed by atoms with Crippen LogP contribution in [-0.4, -0.2) is 34.5 Å². The van der Waals surface area contributed by atoms with Gasteiger partial charge < -0.3 is 21.4 Å². The number of rotatable bonds is 8. The van der Waals surface area contributed by atoms with E-state index >= 15 is 0 Å². The number of urea groups is 1. The summed E-state index contributed by atoms with van der Waals surface area (Å²) in [5.41, 5.74) is 7.11. The van der Waals surface area contributed by atoms with Gasteiger partial charge in [0.1, 0.15) is 11.9 Å². The summed E-state index contributed by atoms with van der Waals surface area (Å²) in [6.45, 7) is 4.40. The maximum atomic E-state index is 12.2. The third kappa shape index (κ3) is 4.71. The van der Waals surface area contributed by atoms with Crippen LogP contribution >= 0.6 is 0 Å². The molecule has 2 aromatic rings. The summed E-state index contributed by atoms with van der Waals surface area (Å²) in [6, 6.07) is 6.58. The number of benzene rings is 1. The molecule has 0 radical (unpaired) electrons. The molecule has 0 aliphatic heterocycles. The molecular formula is C17H25N5O2. The molecule has 7 heteroatoms. The fraction of sp³-hybridized carbons (Fsp3) is 0.471. The van der Waals surface area contributed by atoms with E-state index in [0.717, 1.165) is 36.1 Å². The van der Waals surface area contributed by atoms with E-state index in [4.69, 9.17) is 5.73 Å². The number of hydrogen-bond acceptors (Lipinski definition) is 3. The summed E-state index contributed by atoms with van der Waals surface area (Å²) < 4.78 is 0. The number of carbonyl (C=O) groups is 2. The zero-order valence-electron chi connectivity index (χ0n) is 14.1. The van der Waals surface area contributed by atoms with E-state index in [9.17, 15) is 9.59 Å². The number of aromatic nitrogens is 2. The number of aromatic amines is 1. The van der Waals surface area contributed by atoms with Crippen LogP contribution in [0.1, 0.15) is 32.5 Å². The van der Waals surface area contributed by atoms with Crippen LogP contribution in [0.4, 0.5) is 4.79 Å². The fourth-order valence-corrected chi connectivity index (χ4v) is 2.56. The van der Waals surface area contributed by atoms with E-state index in [1.54, 1.807) is 0 Å². The van der Waals surface area contributed by atoms with Crippen molar-refractivity contribution >= 4 is 23.0 Å². The zero-order valence-corrected chi connectivity index (χ0v) is 14.1. The number of hydrogen-bond donors (Lipinski definition) is 4. The Morgan fingerprint density at radius 1 is 1.33 bits per heavy atom. The molecule has 7 nitrogen and oxygen atoms in total. The van der Waals surface area contributed by atoms with Gasteiger partial charge >= 0.3 is 6.03 Å².